The largest absolute Gasteiger partial charge is 0.357 e. The van der Waals surface area contributed by atoms with Crippen LogP contribution in [-0.2, 0) is 13.6 Å². The third-order valence-electron chi connectivity index (χ3n) is 5.56. The van der Waals surface area contributed by atoms with Crippen LogP contribution in [0, 0.1) is 17.9 Å². The molecule has 1 aromatic heterocycles. The molecular formula is C23H30N4O2. The van der Waals surface area contributed by atoms with Crippen molar-refractivity contribution in [2.45, 2.75) is 46.6 Å². The molecular weight excluding hydrogens is 364 g/mol. The van der Waals surface area contributed by atoms with Crippen LogP contribution >= 0.6 is 0 Å². The summed E-state index contributed by atoms with van der Waals surface area (Å²) in [6.45, 7) is 16.1. The topological polar surface area (TPSA) is 51.6 Å². The minimum Gasteiger partial charge on any atom is -0.357 e. The van der Waals surface area contributed by atoms with Gasteiger partial charge in [0.15, 0.2) is 5.69 Å². The maximum Gasteiger partial charge on any atom is 0.332 e. The summed E-state index contributed by atoms with van der Waals surface area (Å²) in [6.07, 6.45) is 3.32. The van der Waals surface area contributed by atoms with E-state index >= 15 is 0 Å². The highest BCUT2D eigenvalue weighted by Crippen LogP contribution is 2.32. The van der Waals surface area contributed by atoms with Crippen LogP contribution in [-0.4, -0.2) is 22.2 Å². The van der Waals surface area contributed by atoms with Gasteiger partial charge in [0.1, 0.15) is 5.82 Å². The molecule has 0 radical (unpaired) electrons. The molecule has 6 nitrogen and oxygen atoms in total. The average molecular weight is 395 g/mol. The Balaban J connectivity index is 2.02. The molecule has 2 aromatic rings. The fourth-order valence-electron chi connectivity index (χ4n) is 4.30. The summed E-state index contributed by atoms with van der Waals surface area (Å²) in [5, 5.41) is 0. The van der Waals surface area contributed by atoms with Crippen LogP contribution in [0.2, 0.25) is 0 Å². The Labute approximate surface area is 172 Å². The van der Waals surface area contributed by atoms with Crippen molar-refractivity contribution in [1.82, 2.24) is 9.13 Å². The summed E-state index contributed by atoms with van der Waals surface area (Å²) in [4.78, 5) is 31.2. The number of hydrogen-bond donors (Lipinski definition) is 0. The fourth-order valence-corrected chi connectivity index (χ4v) is 4.30. The van der Waals surface area contributed by atoms with Crippen LogP contribution in [0.3, 0.4) is 0 Å². The van der Waals surface area contributed by atoms with Crippen molar-refractivity contribution in [3.8, 4) is 0 Å². The Morgan fingerprint density at radius 1 is 1.21 bits per heavy atom. The summed E-state index contributed by atoms with van der Waals surface area (Å²) < 4.78 is 2.78. The average Bonchev–Trinajstić information content (AvgIpc) is 2.67. The molecule has 1 atom stereocenters. The van der Waals surface area contributed by atoms with Crippen molar-refractivity contribution < 1.29 is 0 Å². The Kier molecular flexibility index (Phi) is 5.97. The van der Waals surface area contributed by atoms with Gasteiger partial charge in [0.05, 0.1) is 6.57 Å². The standard InChI is InChI=1S/C23H30N4O2/c1-23(2,3)14-17-9-8-12-26(15-17)20-13-21(28)25(5)22(29)27(20)16-18-10-6-7-11-19(18)24-4/h6-7,10-11,13,17H,8-9,12,14-16H2,1-3,5H3. The van der Waals surface area contributed by atoms with E-state index in [9.17, 15) is 9.59 Å². The minimum absolute atomic E-state index is 0.245. The van der Waals surface area contributed by atoms with Gasteiger partial charge in [0.25, 0.3) is 5.56 Å². The fraction of sp³-hybridized carbons (Fsp3) is 0.522. The number of anilines is 1. The maximum absolute atomic E-state index is 13.0. The number of benzene rings is 1. The first-order valence-corrected chi connectivity index (χ1v) is 10.2. The minimum atomic E-state index is -0.342. The molecule has 6 heteroatoms. The summed E-state index contributed by atoms with van der Waals surface area (Å²) in [6, 6.07) is 8.89. The van der Waals surface area contributed by atoms with Gasteiger partial charge in [-0.3, -0.25) is 13.9 Å². The molecule has 154 valence electrons. The summed E-state index contributed by atoms with van der Waals surface area (Å²) in [5.74, 6) is 1.20. The van der Waals surface area contributed by atoms with Gasteiger partial charge in [0, 0.05) is 32.7 Å². The van der Waals surface area contributed by atoms with Crippen molar-refractivity contribution >= 4 is 11.5 Å². The number of aromatic nitrogens is 2. The van der Waals surface area contributed by atoms with Crippen LogP contribution in [0.15, 0.2) is 39.9 Å². The van der Waals surface area contributed by atoms with Gasteiger partial charge in [0.2, 0.25) is 0 Å². The molecule has 1 saturated heterocycles. The lowest BCUT2D eigenvalue weighted by Crippen LogP contribution is -2.44. The molecule has 0 saturated carbocycles. The monoisotopic (exact) mass is 394 g/mol. The van der Waals surface area contributed by atoms with Crippen LogP contribution in [0.4, 0.5) is 11.5 Å². The van der Waals surface area contributed by atoms with E-state index in [2.05, 4.69) is 30.5 Å². The number of rotatable bonds is 4. The smallest absolute Gasteiger partial charge is 0.332 e. The van der Waals surface area contributed by atoms with E-state index < -0.39 is 0 Å². The molecule has 3 rings (SSSR count). The first kappa shape index (κ1) is 20.9. The molecule has 0 spiro atoms. The molecule has 0 aliphatic carbocycles. The lowest BCUT2D eigenvalue weighted by atomic mass is 9.81. The zero-order valence-corrected chi connectivity index (χ0v) is 17.8. The summed E-state index contributed by atoms with van der Waals surface area (Å²) in [7, 11) is 1.50. The van der Waals surface area contributed by atoms with E-state index in [1.54, 1.807) is 16.7 Å². The summed E-state index contributed by atoms with van der Waals surface area (Å²) >= 11 is 0. The predicted octanol–water partition coefficient (Wildman–Crippen LogP) is 3.80. The number of hydrogen-bond acceptors (Lipinski definition) is 3. The third kappa shape index (κ3) is 4.79. The number of piperidine rings is 1. The van der Waals surface area contributed by atoms with Gasteiger partial charge in [-0.2, -0.15) is 0 Å². The molecule has 1 fully saturated rings. The zero-order chi connectivity index (χ0) is 21.2. The van der Waals surface area contributed by atoms with Crippen molar-refractivity contribution in [1.29, 1.82) is 0 Å². The maximum atomic E-state index is 13.0. The van der Waals surface area contributed by atoms with E-state index in [1.165, 1.54) is 13.5 Å². The molecule has 0 bridgehead atoms. The first-order chi connectivity index (χ1) is 13.7. The Bertz CT molecular complexity index is 1040. The van der Waals surface area contributed by atoms with Crippen LogP contribution in [0.5, 0.6) is 0 Å². The quantitative estimate of drug-likeness (QED) is 0.741. The Morgan fingerprint density at radius 2 is 1.93 bits per heavy atom. The first-order valence-electron chi connectivity index (χ1n) is 10.2. The van der Waals surface area contributed by atoms with Crippen molar-refractivity contribution in [3.63, 3.8) is 0 Å². The second kappa shape index (κ2) is 8.28. The van der Waals surface area contributed by atoms with Crippen molar-refractivity contribution in [2.75, 3.05) is 18.0 Å². The van der Waals surface area contributed by atoms with Crippen LogP contribution in [0.25, 0.3) is 4.85 Å². The molecule has 2 heterocycles. The highest BCUT2D eigenvalue weighted by molar-refractivity contribution is 5.52. The van der Waals surface area contributed by atoms with E-state index in [1.807, 2.05) is 18.2 Å². The molecule has 1 aliphatic heterocycles. The SMILES string of the molecule is [C-]#[N+]c1ccccc1Cn1c(N2CCCC(CC(C)(C)C)C2)cc(=O)n(C)c1=O. The molecule has 0 amide bonds. The van der Waals surface area contributed by atoms with E-state index in [-0.39, 0.29) is 23.2 Å². The van der Waals surface area contributed by atoms with Crippen molar-refractivity contribution in [3.05, 3.63) is 68.2 Å². The lowest BCUT2D eigenvalue weighted by molar-refractivity contribution is 0.264. The van der Waals surface area contributed by atoms with Gasteiger partial charge in [-0.25, -0.2) is 9.64 Å². The summed E-state index contributed by atoms with van der Waals surface area (Å²) in [5.41, 5.74) is 0.924. The van der Waals surface area contributed by atoms with Gasteiger partial charge in [-0.15, -0.1) is 0 Å². The van der Waals surface area contributed by atoms with E-state index in [4.69, 9.17) is 6.57 Å². The van der Waals surface area contributed by atoms with Crippen molar-refractivity contribution in [2.24, 2.45) is 18.4 Å². The molecule has 1 aromatic carbocycles. The van der Waals surface area contributed by atoms with Gasteiger partial charge in [-0.05, 0) is 36.2 Å². The highest BCUT2D eigenvalue weighted by atomic mass is 16.2. The lowest BCUT2D eigenvalue weighted by Gasteiger charge is -2.38. The van der Waals surface area contributed by atoms with Gasteiger partial charge < -0.3 is 4.90 Å². The molecule has 29 heavy (non-hydrogen) atoms. The van der Waals surface area contributed by atoms with Crippen LogP contribution < -0.4 is 16.1 Å². The highest BCUT2D eigenvalue weighted by Gasteiger charge is 2.27. The van der Waals surface area contributed by atoms with Gasteiger partial charge >= 0.3 is 5.69 Å². The normalized spacial score (nSPS) is 17.2. The Morgan fingerprint density at radius 3 is 2.62 bits per heavy atom. The number of nitrogens with zero attached hydrogens (tertiary/aromatic N) is 4. The second-order valence-corrected chi connectivity index (χ2v) is 9.23. The van der Waals surface area contributed by atoms with Crippen LogP contribution in [0.1, 0.15) is 45.6 Å². The third-order valence-corrected chi connectivity index (χ3v) is 5.56. The molecule has 0 N–H and O–H groups in total. The number of para-hydroxylation sites is 1. The Hall–Kier alpha value is -2.81. The van der Waals surface area contributed by atoms with E-state index in [0.717, 1.165) is 36.1 Å². The molecule has 1 unspecified atom stereocenters. The zero-order valence-electron chi connectivity index (χ0n) is 17.8. The van der Waals surface area contributed by atoms with Gasteiger partial charge in [-0.1, -0.05) is 45.0 Å². The predicted molar refractivity (Wildman–Crippen MR) is 117 cm³/mol. The van der Waals surface area contributed by atoms with E-state index in [0.29, 0.717) is 17.4 Å². The molecule has 1 aliphatic rings. The second-order valence-electron chi connectivity index (χ2n) is 9.23.